The monoisotopic (exact) mass is 467 g/mol. The van der Waals surface area contributed by atoms with Gasteiger partial charge in [0.2, 0.25) is 5.28 Å². The van der Waals surface area contributed by atoms with Crippen LogP contribution in [0.25, 0.3) is 65.9 Å². The highest BCUT2D eigenvalue weighted by Gasteiger charge is 2.16. The maximum absolute atomic E-state index is 6.50. The molecular formula is C31H18ClN3. The number of halogens is 1. The molecule has 35 heavy (non-hydrogen) atoms. The van der Waals surface area contributed by atoms with Gasteiger partial charge in [-0.3, -0.25) is 0 Å². The van der Waals surface area contributed by atoms with Crippen LogP contribution in [-0.4, -0.2) is 15.0 Å². The molecule has 0 saturated heterocycles. The molecule has 7 aromatic rings. The van der Waals surface area contributed by atoms with Crippen LogP contribution in [0, 0.1) is 0 Å². The van der Waals surface area contributed by atoms with E-state index in [1.165, 1.54) is 16.2 Å². The van der Waals surface area contributed by atoms with Crippen LogP contribution in [0.1, 0.15) is 0 Å². The van der Waals surface area contributed by atoms with Gasteiger partial charge in [-0.25, -0.2) is 4.98 Å². The van der Waals surface area contributed by atoms with E-state index in [4.69, 9.17) is 16.6 Å². The van der Waals surface area contributed by atoms with E-state index in [-0.39, 0.29) is 5.28 Å². The summed E-state index contributed by atoms with van der Waals surface area (Å²) in [7, 11) is 0. The minimum atomic E-state index is 0.181. The van der Waals surface area contributed by atoms with Gasteiger partial charge in [-0.1, -0.05) is 103 Å². The summed E-state index contributed by atoms with van der Waals surface area (Å²) >= 11 is 6.50. The van der Waals surface area contributed by atoms with Crippen LogP contribution in [0.2, 0.25) is 5.28 Å². The Hall–Kier alpha value is -4.34. The summed E-state index contributed by atoms with van der Waals surface area (Å²) in [6.45, 7) is 0. The molecule has 0 fully saturated rings. The first kappa shape index (κ1) is 20.1. The zero-order chi connectivity index (χ0) is 23.4. The third-order valence-electron chi connectivity index (χ3n) is 6.64. The molecule has 0 unspecified atom stereocenters. The van der Waals surface area contributed by atoms with Gasteiger partial charge in [0, 0.05) is 11.1 Å². The maximum atomic E-state index is 6.50. The summed E-state index contributed by atoms with van der Waals surface area (Å²) in [4.78, 5) is 14.1. The Labute approximate surface area is 206 Å². The van der Waals surface area contributed by atoms with Gasteiger partial charge >= 0.3 is 0 Å². The minimum Gasteiger partial charge on any atom is -0.208 e. The third-order valence-corrected chi connectivity index (χ3v) is 6.81. The van der Waals surface area contributed by atoms with E-state index in [1.54, 1.807) is 0 Å². The summed E-state index contributed by atoms with van der Waals surface area (Å²) in [5.74, 6) is 1.14. The SMILES string of the molecule is Clc1nc(-c2cccc3c2ccc2ccccc23)nc(-c2cc3ccccc3c3ccccc23)n1. The summed E-state index contributed by atoms with van der Waals surface area (Å²) in [6.07, 6.45) is 0. The van der Waals surface area contributed by atoms with E-state index in [0.29, 0.717) is 11.6 Å². The second kappa shape index (κ2) is 7.86. The normalized spacial score (nSPS) is 11.6. The number of rotatable bonds is 2. The molecule has 0 radical (unpaired) electrons. The maximum Gasteiger partial charge on any atom is 0.226 e. The Balaban J connectivity index is 1.50. The van der Waals surface area contributed by atoms with Crippen molar-refractivity contribution in [2.24, 2.45) is 0 Å². The van der Waals surface area contributed by atoms with Crippen LogP contribution >= 0.6 is 11.6 Å². The van der Waals surface area contributed by atoms with E-state index >= 15 is 0 Å². The van der Waals surface area contributed by atoms with Crippen LogP contribution in [0.15, 0.2) is 109 Å². The minimum absolute atomic E-state index is 0.181. The van der Waals surface area contributed by atoms with Gasteiger partial charge in [-0.05, 0) is 60.8 Å². The molecule has 7 rings (SSSR count). The lowest BCUT2D eigenvalue weighted by Gasteiger charge is -2.12. The second-order valence-electron chi connectivity index (χ2n) is 8.63. The Morgan fingerprint density at radius 1 is 0.400 bits per heavy atom. The quantitative estimate of drug-likeness (QED) is 0.239. The number of benzene rings is 6. The molecule has 0 aliphatic carbocycles. The molecule has 4 heteroatoms. The number of nitrogens with zero attached hydrogens (tertiary/aromatic N) is 3. The van der Waals surface area contributed by atoms with Crippen molar-refractivity contribution in [3.8, 4) is 22.8 Å². The number of fused-ring (bicyclic) bond motifs is 6. The summed E-state index contributed by atoms with van der Waals surface area (Å²) < 4.78 is 0. The van der Waals surface area contributed by atoms with Gasteiger partial charge < -0.3 is 0 Å². The molecular weight excluding hydrogens is 450 g/mol. The van der Waals surface area contributed by atoms with Gasteiger partial charge in [0.25, 0.3) is 0 Å². The fourth-order valence-electron chi connectivity index (χ4n) is 5.07. The Morgan fingerprint density at radius 2 is 0.943 bits per heavy atom. The van der Waals surface area contributed by atoms with E-state index < -0.39 is 0 Å². The van der Waals surface area contributed by atoms with Gasteiger partial charge in [0.15, 0.2) is 11.6 Å². The fraction of sp³-hybridized carbons (Fsp3) is 0. The van der Waals surface area contributed by atoms with Crippen molar-refractivity contribution in [1.29, 1.82) is 0 Å². The molecule has 0 atom stereocenters. The van der Waals surface area contributed by atoms with Crippen LogP contribution in [0.5, 0.6) is 0 Å². The van der Waals surface area contributed by atoms with E-state index in [9.17, 15) is 0 Å². The lowest BCUT2D eigenvalue weighted by molar-refractivity contribution is 1.07. The number of hydrogen-bond donors (Lipinski definition) is 0. The van der Waals surface area contributed by atoms with E-state index in [1.807, 2.05) is 24.3 Å². The molecule has 6 aromatic carbocycles. The first-order valence-corrected chi connectivity index (χ1v) is 11.9. The summed E-state index contributed by atoms with van der Waals surface area (Å²) in [5, 5.41) is 9.42. The van der Waals surface area contributed by atoms with Crippen molar-refractivity contribution in [1.82, 2.24) is 15.0 Å². The smallest absolute Gasteiger partial charge is 0.208 e. The molecule has 0 N–H and O–H groups in total. The predicted molar refractivity (Wildman–Crippen MR) is 146 cm³/mol. The van der Waals surface area contributed by atoms with Crippen molar-refractivity contribution >= 4 is 54.7 Å². The van der Waals surface area contributed by atoms with E-state index in [0.717, 1.165) is 38.1 Å². The number of hydrogen-bond acceptors (Lipinski definition) is 3. The molecule has 0 aliphatic heterocycles. The molecule has 0 aliphatic rings. The second-order valence-corrected chi connectivity index (χ2v) is 8.97. The predicted octanol–water partition coefficient (Wildman–Crippen LogP) is 8.47. The van der Waals surface area contributed by atoms with E-state index in [2.05, 4.69) is 94.9 Å². The van der Waals surface area contributed by atoms with Gasteiger partial charge in [-0.2, -0.15) is 9.97 Å². The van der Waals surface area contributed by atoms with Gasteiger partial charge in [-0.15, -0.1) is 0 Å². The van der Waals surface area contributed by atoms with Crippen molar-refractivity contribution in [2.75, 3.05) is 0 Å². The van der Waals surface area contributed by atoms with Gasteiger partial charge in [0.1, 0.15) is 0 Å². The average molecular weight is 468 g/mol. The van der Waals surface area contributed by atoms with Crippen molar-refractivity contribution in [3.05, 3.63) is 114 Å². The Morgan fingerprint density at radius 3 is 1.71 bits per heavy atom. The molecule has 0 spiro atoms. The van der Waals surface area contributed by atoms with Crippen LogP contribution in [-0.2, 0) is 0 Å². The molecule has 3 nitrogen and oxygen atoms in total. The van der Waals surface area contributed by atoms with Gasteiger partial charge in [0.05, 0.1) is 0 Å². The third kappa shape index (κ3) is 3.24. The summed E-state index contributed by atoms with van der Waals surface area (Å²) in [5.41, 5.74) is 1.87. The van der Waals surface area contributed by atoms with Crippen molar-refractivity contribution < 1.29 is 0 Å². The van der Waals surface area contributed by atoms with Crippen molar-refractivity contribution in [3.63, 3.8) is 0 Å². The lowest BCUT2D eigenvalue weighted by Crippen LogP contribution is -1.98. The van der Waals surface area contributed by atoms with Crippen LogP contribution < -0.4 is 0 Å². The first-order valence-electron chi connectivity index (χ1n) is 11.5. The first-order chi connectivity index (χ1) is 17.3. The molecule has 0 saturated carbocycles. The molecule has 0 bridgehead atoms. The average Bonchev–Trinajstić information content (AvgIpc) is 2.92. The molecule has 1 heterocycles. The standard InChI is InChI=1S/C31H18ClN3/c32-31-34-29(27-15-7-14-24-21-10-3-1-8-19(21)16-17-26(24)27)33-30(35-31)28-18-20-9-2-4-11-22(20)23-12-5-6-13-25(23)28/h1-18H. The molecule has 0 amide bonds. The topological polar surface area (TPSA) is 38.7 Å². The highest BCUT2D eigenvalue weighted by atomic mass is 35.5. The largest absolute Gasteiger partial charge is 0.226 e. The lowest BCUT2D eigenvalue weighted by atomic mass is 9.96. The highest BCUT2D eigenvalue weighted by molar-refractivity contribution is 6.28. The van der Waals surface area contributed by atoms with Crippen LogP contribution in [0.3, 0.4) is 0 Å². The fourth-order valence-corrected chi connectivity index (χ4v) is 5.23. The zero-order valence-corrected chi connectivity index (χ0v) is 19.4. The van der Waals surface area contributed by atoms with Crippen molar-refractivity contribution in [2.45, 2.75) is 0 Å². The molecule has 164 valence electrons. The Kier molecular flexibility index (Phi) is 4.51. The Bertz CT molecular complexity index is 1930. The zero-order valence-electron chi connectivity index (χ0n) is 18.6. The highest BCUT2D eigenvalue weighted by Crippen LogP contribution is 2.36. The van der Waals surface area contributed by atoms with Crippen LogP contribution in [0.4, 0.5) is 0 Å². The molecule has 1 aromatic heterocycles. The number of aromatic nitrogens is 3. The summed E-state index contributed by atoms with van der Waals surface area (Å²) in [6, 6.07) is 37.8.